The maximum absolute atomic E-state index is 13.9. The van der Waals surface area contributed by atoms with E-state index in [0.717, 1.165) is 23.4 Å². The van der Waals surface area contributed by atoms with Gasteiger partial charge in [-0.15, -0.1) is 0 Å². The Balaban J connectivity index is 1.89. The summed E-state index contributed by atoms with van der Waals surface area (Å²) >= 11 is 0. The van der Waals surface area contributed by atoms with Crippen molar-refractivity contribution in [3.63, 3.8) is 0 Å². The minimum atomic E-state index is -0.941. The van der Waals surface area contributed by atoms with Crippen LogP contribution in [0, 0.1) is 11.6 Å². The maximum atomic E-state index is 13.9. The Kier molecular flexibility index (Phi) is 4.77. The lowest BCUT2D eigenvalue weighted by molar-refractivity contribution is -0.584. The first kappa shape index (κ1) is 17.7. The standard InChI is InChI=1S/C24H16F2NO/c25-21-13-12-20(15-22(21)26)27-16-19(24(28)18-9-5-2-6-10-18)11-14-23(27)17-7-3-1-4-8-17/h1-16H/q+1. The van der Waals surface area contributed by atoms with Gasteiger partial charge < -0.3 is 0 Å². The second-order valence-corrected chi connectivity index (χ2v) is 6.33. The van der Waals surface area contributed by atoms with Gasteiger partial charge in [0.2, 0.25) is 11.4 Å². The third kappa shape index (κ3) is 3.45. The van der Waals surface area contributed by atoms with E-state index >= 15 is 0 Å². The van der Waals surface area contributed by atoms with Gasteiger partial charge in [0.15, 0.2) is 23.6 Å². The Labute approximate surface area is 161 Å². The Bertz CT molecular complexity index is 1140. The molecule has 0 aliphatic rings. The largest absolute Gasteiger partial charge is 0.288 e. The minimum Gasteiger partial charge on any atom is -0.288 e. The van der Waals surface area contributed by atoms with Gasteiger partial charge in [0.1, 0.15) is 0 Å². The Morgan fingerprint density at radius 2 is 1.36 bits per heavy atom. The molecule has 4 rings (SSSR count). The predicted octanol–water partition coefficient (Wildman–Crippen LogP) is 5.14. The lowest BCUT2D eigenvalue weighted by Crippen LogP contribution is -2.34. The van der Waals surface area contributed by atoms with Gasteiger partial charge >= 0.3 is 0 Å². The van der Waals surface area contributed by atoms with E-state index in [0.29, 0.717) is 16.8 Å². The summed E-state index contributed by atoms with van der Waals surface area (Å²) in [7, 11) is 0. The van der Waals surface area contributed by atoms with Crippen LogP contribution in [0.4, 0.5) is 8.78 Å². The summed E-state index contributed by atoms with van der Waals surface area (Å²) in [4.78, 5) is 12.9. The first-order valence-corrected chi connectivity index (χ1v) is 8.80. The van der Waals surface area contributed by atoms with Crippen LogP contribution < -0.4 is 4.57 Å². The monoisotopic (exact) mass is 372 g/mol. The van der Waals surface area contributed by atoms with Crippen molar-refractivity contribution in [1.29, 1.82) is 0 Å². The van der Waals surface area contributed by atoms with Crippen molar-refractivity contribution in [2.24, 2.45) is 0 Å². The van der Waals surface area contributed by atoms with Gasteiger partial charge in [-0.2, -0.15) is 4.57 Å². The SMILES string of the molecule is O=C(c1ccccc1)c1ccc(-c2ccccc2)[n+](-c2ccc(F)c(F)c2)c1. The number of carbonyl (C=O) groups is 1. The van der Waals surface area contributed by atoms with Gasteiger partial charge in [-0.25, -0.2) is 8.78 Å². The first-order valence-electron chi connectivity index (χ1n) is 8.80. The van der Waals surface area contributed by atoms with Crippen molar-refractivity contribution in [3.8, 4) is 16.9 Å². The quantitative estimate of drug-likeness (QED) is 0.359. The molecule has 28 heavy (non-hydrogen) atoms. The van der Waals surface area contributed by atoms with E-state index < -0.39 is 11.6 Å². The van der Waals surface area contributed by atoms with E-state index in [9.17, 15) is 13.6 Å². The van der Waals surface area contributed by atoms with Gasteiger partial charge in [0, 0.05) is 29.3 Å². The number of rotatable bonds is 4. The Morgan fingerprint density at radius 1 is 0.679 bits per heavy atom. The molecule has 2 nitrogen and oxygen atoms in total. The third-order valence-corrected chi connectivity index (χ3v) is 4.50. The van der Waals surface area contributed by atoms with Gasteiger partial charge in [-0.3, -0.25) is 4.79 Å². The van der Waals surface area contributed by atoms with Crippen LogP contribution in [0.15, 0.2) is 97.2 Å². The zero-order valence-corrected chi connectivity index (χ0v) is 14.8. The summed E-state index contributed by atoms with van der Waals surface area (Å²) in [6.07, 6.45) is 1.66. The Morgan fingerprint density at radius 3 is 2.04 bits per heavy atom. The summed E-state index contributed by atoms with van der Waals surface area (Å²) in [5.41, 5.74) is 3.10. The second-order valence-electron chi connectivity index (χ2n) is 6.33. The number of aromatic nitrogens is 1. The van der Waals surface area contributed by atoms with Crippen LogP contribution in [-0.2, 0) is 0 Å². The summed E-state index contributed by atoms with van der Waals surface area (Å²) in [5.74, 6) is -2.00. The number of benzene rings is 3. The second kappa shape index (κ2) is 7.53. The highest BCUT2D eigenvalue weighted by molar-refractivity contribution is 6.08. The minimum absolute atomic E-state index is 0.142. The van der Waals surface area contributed by atoms with E-state index in [4.69, 9.17) is 0 Å². The average Bonchev–Trinajstić information content (AvgIpc) is 2.76. The van der Waals surface area contributed by atoms with E-state index in [-0.39, 0.29) is 5.78 Å². The summed E-state index contributed by atoms with van der Waals surface area (Å²) in [5, 5.41) is 0. The van der Waals surface area contributed by atoms with Crippen LogP contribution in [0.1, 0.15) is 15.9 Å². The first-order chi connectivity index (χ1) is 13.6. The van der Waals surface area contributed by atoms with E-state index in [2.05, 4.69) is 0 Å². The van der Waals surface area contributed by atoms with Crippen LogP contribution in [0.3, 0.4) is 0 Å². The summed E-state index contributed by atoms with van der Waals surface area (Å²) < 4.78 is 29.0. The molecule has 0 radical (unpaired) electrons. The molecule has 0 aliphatic heterocycles. The van der Waals surface area contributed by atoms with Gasteiger partial charge in [0.05, 0.1) is 5.56 Å². The van der Waals surface area contributed by atoms with Crippen molar-refractivity contribution in [2.75, 3.05) is 0 Å². The average molecular weight is 372 g/mol. The van der Waals surface area contributed by atoms with E-state index in [1.54, 1.807) is 41.1 Å². The van der Waals surface area contributed by atoms with Crippen molar-refractivity contribution in [1.82, 2.24) is 0 Å². The molecule has 0 spiro atoms. The third-order valence-electron chi connectivity index (χ3n) is 4.50. The fourth-order valence-electron chi connectivity index (χ4n) is 3.08. The van der Waals surface area contributed by atoms with Crippen molar-refractivity contribution in [3.05, 3.63) is 120 Å². The van der Waals surface area contributed by atoms with Crippen molar-refractivity contribution < 1.29 is 18.1 Å². The van der Waals surface area contributed by atoms with E-state index in [1.165, 1.54) is 6.07 Å². The highest BCUT2D eigenvalue weighted by atomic mass is 19.2. The van der Waals surface area contributed by atoms with Gasteiger partial charge in [-0.1, -0.05) is 48.5 Å². The highest BCUT2D eigenvalue weighted by Crippen LogP contribution is 2.19. The fourth-order valence-corrected chi connectivity index (χ4v) is 3.08. The summed E-state index contributed by atoms with van der Waals surface area (Å²) in [6, 6.07) is 25.7. The number of nitrogens with zero attached hydrogens (tertiary/aromatic N) is 1. The molecular weight excluding hydrogens is 356 g/mol. The molecule has 0 unspecified atom stereocenters. The molecule has 0 saturated carbocycles. The van der Waals surface area contributed by atoms with Crippen molar-refractivity contribution in [2.45, 2.75) is 0 Å². The lowest BCUT2D eigenvalue weighted by Gasteiger charge is -2.07. The van der Waals surface area contributed by atoms with Crippen LogP contribution in [0.25, 0.3) is 16.9 Å². The molecule has 1 heterocycles. The molecule has 0 saturated heterocycles. The molecule has 1 aromatic heterocycles. The number of ketones is 1. The highest BCUT2D eigenvalue weighted by Gasteiger charge is 2.21. The maximum Gasteiger partial charge on any atom is 0.218 e. The topological polar surface area (TPSA) is 20.9 Å². The number of hydrogen-bond donors (Lipinski definition) is 0. The number of pyridine rings is 1. The normalized spacial score (nSPS) is 10.6. The molecule has 0 fully saturated rings. The van der Waals surface area contributed by atoms with E-state index in [1.807, 2.05) is 42.5 Å². The van der Waals surface area contributed by atoms with Crippen LogP contribution in [0.5, 0.6) is 0 Å². The molecule has 0 atom stereocenters. The zero-order valence-electron chi connectivity index (χ0n) is 14.8. The van der Waals surface area contributed by atoms with Crippen LogP contribution in [0.2, 0.25) is 0 Å². The molecule has 0 aliphatic carbocycles. The molecule has 0 amide bonds. The number of hydrogen-bond acceptors (Lipinski definition) is 1. The predicted molar refractivity (Wildman–Crippen MR) is 103 cm³/mol. The molecule has 4 heteroatoms. The van der Waals surface area contributed by atoms with Crippen LogP contribution in [-0.4, -0.2) is 5.78 Å². The number of carbonyl (C=O) groups excluding carboxylic acids is 1. The summed E-state index contributed by atoms with van der Waals surface area (Å²) in [6.45, 7) is 0. The van der Waals surface area contributed by atoms with Crippen molar-refractivity contribution >= 4 is 5.78 Å². The molecule has 0 N–H and O–H groups in total. The smallest absolute Gasteiger partial charge is 0.218 e. The van der Waals surface area contributed by atoms with Crippen LogP contribution >= 0.6 is 0 Å². The molecular formula is C24H16F2NO+. The fraction of sp³-hybridized carbons (Fsp3) is 0. The zero-order chi connectivity index (χ0) is 19.5. The number of halogens is 2. The molecule has 3 aromatic carbocycles. The molecule has 0 bridgehead atoms. The lowest BCUT2D eigenvalue weighted by atomic mass is 10.0. The van der Waals surface area contributed by atoms with Gasteiger partial charge in [0.25, 0.3) is 0 Å². The Hall–Kier alpha value is -3.66. The molecule has 4 aromatic rings. The molecule has 136 valence electrons. The van der Waals surface area contributed by atoms with Gasteiger partial charge in [-0.05, 0) is 24.3 Å².